The molecule has 0 radical (unpaired) electrons. The topological polar surface area (TPSA) is 26.3 Å². The zero-order valence-electron chi connectivity index (χ0n) is 10.7. The van der Waals surface area contributed by atoms with Gasteiger partial charge in [-0.1, -0.05) is 31.2 Å². The fourth-order valence-electron chi connectivity index (χ4n) is 1.83. The maximum absolute atomic E-state index is 13.6. The summed E-state index contributed by atoms with van der Waals surface area (Å²) in [4.78, 5) is 10.6. The summed E-state index contributed by atoms with van der Waals surface area (Å²) in [5.41, 5.74) is 1.60. The molecule has 2 aromatic carbocycles. The highest BCUT2D eigenvalue weighted by molar-refractivity contribution is 5.78. The van der Waals surface area contributed by atoms with Gasteiger partial charge in [0.25, 0.3) is 0 Å². The Morgan fingerprint density at radius 2 is 2.00 bits per heavy atom. The Morgan fingerprint density at radius 1 is 1.21 bits per heavy atom. The number of rotatable bonds is 5. The molecule has 0 unspecified atom stereocenters. The Morgan fingerprint density at radius 3 is 2.68 bits per heavy atom. The predicted molar refractivity (Wildman–Crippen MR) is 73.0 cm³/mol. The van der Waals surface area contributed by atoms with Crippen LogP contribution < -0.4 is 4.74 Å². The molecule has 0 spiro atoms. The highest BCUT2D eigenvalue weighted by Crippen LogP contribution is 2.30. The summed E-state index contributed by atoms with van der Waals surface area (Å²) in [6, 6.07) is 12.0. The summed E-state index contributed by atoms with van der Waals surface area (Å²) < 4.78 is 19.3. The van der Waals surface area contributed by atoms with Gasteiger partial charge in [0.2, 0.25) is 0 Å². The third-order valence-corrected chi connectivity index (χ3v) is 2.79. The minimum absolute atomic E-state index is 0.0655. The molecule has 19 heavy (non-hydrogen) atoms. The second kappa shape index (κ2) is 6.14. The molecule has 0 amide bonds. The third-order valence-electron chi connectivity index (χ3n) is 2.79. The molecule has 0 aliphatic carbocycles. The summed E-state index contributed by atoms with van der Waals surface area (Å²) in [6.07, 6.45) is 1.42. The maximum atomic E-state index is 13.6. The number of benzene rings is 2. The summed E-state index contributed by atoms with van der Waals surface area (Å²) in [6.45, 7) is 2.65. The van der Waals surface area contributed by atoms with Crippen LogP contribution in [-0.2, 0) is 0 Å². The lowest BCUT2D eigenvalue weighted by Gasteiger charge is -2.11. The molecule has 2 rings (SSSR count). The van der Waals surface area contributed by atoms with Crippen molar-refractivity contribution >= 4 is 6.29 Å². The molecular weight excluding hydrogens is 243 g/mol. The molecule has 0 aromatic heterocycles. The van der Waals surface area contributed by atoms with Gasteiger partial charge in [0.05, 0.1) is 12.2 Å². The van der Waals surface area contributed by atoms with Crippen molar-refractivity contribution in [2.24, 2.45) is 0 Å². The lowest BCUT2D eigenvalue weighted by atomic mass is 10.0. The van der Waals surface area contributed by atoms with Gasteiger partial charge in [-0.15, -0.1) is 0 Å². The van der Waals surface area contributed by atoms with Crippen LogP contribution in [0.3, 0.4) is 0 Å². The second-order valence-electron chi connectivity index (χ2n) is 4.20. The van der Waals surface area contributed by atoms with Crippen molar-refractivity contribution in [2.75, 3.05) is 6.61 Å². The van der Waals surface area contributed by atoms with Gasteiger partial charge in [0.15, 0.2) is 6.29 Å². The molecule has 0 atom stereocenters. The second-order valence-corrected chi connectivity index (χ2v) is 4.20. The average Bonchev–Trinajstić information content (AvgIpc) is 2.45. The first-order valence-corrected chi connectivity index (χ1v) is 6.23. The molecule has 2 aromatic rings. The molecule has 0 heterocycles. The van der Waals surface area contributed by atoms with Gasteiger partial charge in [-0.2, -0.15) is 0 Å². The van der Waals surface area contributed by atoms with Gasteiger partial charge in [0.1, 0.15) is 11.6 Å². The van der Waals surface area contributed by atoms with E-state index in [4.69, 9.17) is 4.74 Å². The first kappa shape index (κ1) is 13.3. The van der Waals surface area contributed by atoms with Crippen molar-refractivity contribution in [2.45, 2.75) is 13.3 Å². The van der Waals surface area contributed by atoms with E-state index in [9.17, 15) is 9.18 Å². The Labute approximate surface area is 111 Å². The van der Waals surface area contributed by atoms with E-state index >= 15 is 0 Å². The normalized spacial score (nSPS) is 10.2. The van der Waals surface area contributed by atoms with Crippen LogP contribution in [0.4, 0.5) is 4.39 Å². The summed E-state index contributed by atoms with van der Waals surface area (Å²) in [5.74, 6) is 0.209. The standard InChI is InChI=1S/C16H15FO2/c1-2-9-19-16-6-4-3-5-14(16)12-7-8-13(11-18)15(17)10-12/h3-8,10-11H,2,9H2,1H3. The molecule has 0 saturated carbocycles. The quantitative estimate of drug-likeness (QED) is 0.755. The van der Waals surface area contributed by atoms with Crippen LogP contribution in [0.25, 0.3) is 11.1 Å². The zero-order chi connectivity index (χ0) is 13.7. The zero-order valence-corrected chi connectivity index (χ0v) is 10.7. The van der Waals surface area contributed by atoms with Gasteiger partial charge in [0, 0.05) is 5.56 Å². The number of para-hydroxylation sites is 1. The van der Waals surface area contributed by atoms with Crippen LogP contribution in [-0.4, -0.2) is 12.9 Å². The van der Waals surface area contributed by atoms with Crippen molar-refractivity contribution < 1.29 is 13.9 Å². The molecule has 98 valence electrons. The predicted octanol–water partition coefficient (Wildman–Crippen LogP) is 4.09. The Hall–Kier alpha value is -2.16. The van der Waals surface area contributed by atoms with Crippen molar-refractivity contribution in [1.29, 1.82) is 0 Å². The van der Waals surface area contributed by atoms with Gasteiger partial charge in [-0.25, -0.2) is 4.39 Å². The fourth-order valence-corrected chi connectivity index (χ4v) is 1.83. The van der Waals surface area contributed by atoms with Crippen molar-refractivity contribution in [1.82, 2.24) is 0 Å². The first-order chi connectivity index (χ1) is 9.26. The smallest absolute Gasteiger partial charge is 0.152 e. The van der Waals surface area contributed by atoms with Crippen molar-refractivity contribution in [3.63, 3.8) is 0 Å². The summed E-state index contributed by atoms with van der Waals surface area (Å²) in [7, 11) is 0. The summed E-state index contributed by atoms with van der Waals surface area (Å²) in [5, 5.41) is 0. The van der Waals surface area contributed by atoms with Gasteiger partial charge in [-0.05, 0) is 30.2 Å². The number of halogens is 1. The number of hydrogen-bond acceptors (Lipinski definition) is 2. The number of carbonyl (C=O) groups is 1. The van der Waals surface area contributed by atoms with Crippen molar-refractivity contribution in [3.05, 3.63) is 53.8 Å². The molecule has 0 aliphatic heterocycles. The molecule has 0 fully saturated rings. The highest BCUT2D eigenvalue weighted by Gasteiger charge is 2.08. The average molecular weight is 258 g/mol. The van der Waals surface area contributed by atoms with Crippen LogP contribution in [0.5, 0.6) is 5.75 Å². The van der Waals surface area contributed by atoms with Crippen LogP contribution in [0, 0.1) is 5.82 Å². The number of hydrogen-bond donors (Lipinski definition) is 0. The highest BCUT2D eigenvalue weighted by atomic mass is 19.1. The van der Waals surface area contributed by atoms with E-state index in [-0.39, 0.29) is 5.56 Å². The number of aldehydes is 1. The Kier molecular flexibility index (Phi) is 4.29. The van der Waals surface area contributed by atoms with Gasteiger partial charge < -0.3 is 4.74 Å². The lowest BCUT2D eigenvalue weighted by molar-refractivity contribution is 0.112. The Bertz CT molecular complexity index is 579. The Balaban J connectivity index is 2.40. The molecule has 0 N–H and O–H groups in total. The molecule has 3 heteroatoms. The van der Waals surface area contributed by atoms with E-state index in [2.05, 4.69) is 0 Å². The van der Waals surface area contributed by atoms with Gasteiger partial charge >= 0.3 is 0 Å². The van der Waals surface area contributed by atoms with E-state index in [1.165, 1.54) is 12.1 Å². The van der Waals surface area contributed by atoms with E-state index in [1.54, 1.807) is 6.07 Å². The molecule has 2 nitrogen and oxygen atoms in total. The molecule has 0 aliphatic rings. The number of ether oxygens (including phenoxy) is 1. The lowest BCUT2D eigenvalue weighted by Crippen LogP contribution is -1.97. The molecular formula is C16H15FO2. The largest absolute Gasteiger partial charge is 0.493 e. The van der Waals surface area contributed by atoms with Crippen LogP contribution in [0.2, 0.25) is 0 Å². The summed E-state index contributed by atoms with van der Waals surface area (Å²) >= 11 is 0. The van der Waals surface area contributed by atoms with Crippen LogP contribution >= 0.6 is 0 Å². The number of carbonyl (C=O) groups excluding carboxylic acids is 1. The van der Waals surface area contributed by atoms with E-state index in [1.807, 2.05) is 31.2 Å². The van der Waals surface area contributed by atoms with Crippen LogP contribution in [0.1, 0.15) is 23.7 Å². The van der Waals surface area contributed by atoms with Crippen LogP contribution in [0.15, 0.2) is 42.5 Å². The first-order valence-electron chi connectivity index (χ1n) is 6.23. The molecule has 0 saturated heterocycles. The SMILES string of the molecule is CCCOc1ccccc1-c1ccc(C=O)c(F)c1. The van der Waals surface area contributed by atoms with Crippen molar-refractivity contribution in [3.8, 4) is 16.9 Å². The van der Waals surface area contributed by atoms with E-state index in [0.717, 1.165) is 17.7 Å². The third kappa shape index (κ3) is 2.99. The minimum Gasteiger partial charge on any atom is -0.493 e. The van der Waals surface area contributed by atoms with Gasteiger partial charge in [-0.3, -0.25) is 4.79 Å². The maximum Gasteiger partial charge on any atom is 0.152 e. The fraction of sp³-hybridized carbons (Fsp3) is 0.188. The van der Waals surface area contributed by atoms with E-state index in [0.29, 0.717) is 18.5 Å². The monoisotopic (exact) mass is 258 g/mol. The minimum atomic E-state index is -0.516. The molecule has 0 bridgehead atoms. The van der Waals surface area contributed by atoms with E-state index < -0.39 is 5.82 Å².